The first-order valence-electron chi connectivity index (χ1n) is 5.39. The van der Waals surface area contributed by atoms with Crippen LogP contribution in [0.4, 0.5) is 0 Å². The van der Waals surface area contributed by atoms with E-state index in [1.165, 1.54) is 0 Å². The van der Waals surface area contributed by atoms with Gasteiger partial charge in [0.2, 0.25) is 0 Å². The zero-order valence-corrected chi connectivity index (χ0v) is 10.3. The molecule has 0 saturated heterocycles. The Labute approximate surface area is 105 Å². The maximum Gasteiger partial charge on any atom is 0.108 e. The largest absolute Gasteiger partial charge is 0.346 e. The Morgan fingerprint density at radius 1 is 1.35 bits per heavy atom. The fraction of sp³-hybridized carbons (Fsp3) is 0.231. The smallest absolute Gasteiger partial charge is 0.108 e. The van der Waals surface area contributed by atoms with E-state index in [-0.39, 0.29) is 0 Å². The molecule has 0 aliphatic carbocycles. The lowest BCUT2D eigenvalue weighted by atomic mass is 10.1. The minimum absolute atomic E-state index is 0.479. The number of imidazole rings is 1. The molecule has 1 heterocycles. The van der Waals surface area contributed by atoms with Crippen molar-refractivity contribution in [2.75, 3.05) is 0 Å². The van der Waals surface area contributed by atoms with E-state index < -0.39 is 0 Å². The van der Waals surface area contributed by atoms with Crippen molar-refractivity contribution in [2.45, 2.75) is 19.8 Å². The maximum absolute atomic E-state index is 8.54. The molecule has 4 heteroatoms. The van der Waals surface area contributed by atoms with Crippen molar-refractivity contribution in [3.63, 3.8) is 0 Å². The van der Waals surface area contributed by atoms with Gasteiger partial charge in [0.25, 0.3) is 0 Å². The minimum atomic E-state index is 0.479. The summed E-state index contributed by atoms with van der Waals surface area (Å²) in [7, 11) is 0. The van der Waals surface area contributed by atoms with Crippen LogP contribution >= 0.6 is 11.6 Å². The number of aryl methyl sites for hydroxylation is 2. The summed E-state index contributed by atoms with van der Waals surface area (Å²) in [5, 5.41) is 9.26. The van der Waals surface area contributed by atoms with Crippen LogP contribution in [0.5, 0.6) is 0 Å². The Kier molecular flexibility index (Phi) is 3.46. The molecule has 17 heavy (non-hydrogen) atoms. The lowest BCUT2D eigenvalue weighted by Crippen LogP contribution is -1.86. The number of hydrogen-bond acceptors (Lipinski definition) is 2. The Balaban J connectivity index is 2.30. The van der Waals surface area contributed by atoms with Gasteiger partial charge in [-0.1, -0.05) is 23.7 Å². The Bertz CT molecular complexity index is 549. The number of H-pyrrole nitrogens is 1. The molecule has 0 atom stereocenters. The lowest BCUT2D eigenvalue weighted by molar-refractivity contribution is 0.913. The molecular formula is C13H12ClN3. The first-order chi connectivity index (χ1) is 8.20. The summed E-state index contributed by atoms with van der Waals surface area (Å²) >= 11 is 5.85. The number of aromatic nitrogens is 2. The zero-order valence-electron chi connectivity index (χ0n) is 9.50. The number of benzene rings is 1. The molecule has 2 aromatic rings. The molecular weight excluding hydrogens is 234 g/mol. The number of nitriles is 1. The first kappa shape index (κ1) is 11.7. The predicted octanol–water partition coefficient (Wildman–Crippen LogP) is 3.49. The van der Waals surface area contributed by atoms with E-state index in [2.05, 4.69) is 16.0 Å². The summed E-state index contributed by atoms with van der Waals surface area (Å²) in [6.45, 7) is 1.98. The summed E-state index contributed by atoms with van der Waals surface area (Å²) < 4.78 is 0. The van der Waals surface area contributed by atoms with E-state index in [1.807, 2.05) is 31.2 Å². The summed E-state index contributed by atoms with van der Waals surface area (Å²) in [4.78, 5) is 7.69. The highest BCUT2D eigenvalue weighted by Gasteiger charge is 2.08. The van der Waals surface area contributed by atoms with Crippen LogP contribution in [0.15, 0.2) is 24.3 Å². The number of nitrogens with one attached hydrogen (secondary N) is 1. The quantitative estimate of drug-likeness (QED) is 0.900. The first-order valence-corrected chi connectivity index (χ1v) is 5.77. The number of hydrogen-bond donors (Lipinski definition) is 1. The molecule has 86 valence electrons. The molecule has 0 unspecified atom stereocenters. The zero-order chi connectivity index (χ0) is 12.3. The summed E-state index contributed by atoms with van der Waals surface area (Å²) in [6, 6.07) is 9.70. The molecule has 0 amide bonds. The van der Waals surface area contributed by atoms with Crippen LogP contribution in [-0.2, 0) is 6.42 Å². The van der Waals surface area contributed by atoms with Crippen molar-refractivity contribution in [1.29, 1.82) is 5.26 Å². The van der Waals surface area contributed by atoms with Crippen LogP contribution in [0.3, 0.4) is 0 Å². The van der Waals surface area contributed by atoms with Gasteiger partial charge in [-0.05, 0) is 19.1 Å². The SMILES string of the molecule is Cc1[nH]c(CCC#N)nc1-c1ccc(Cl)cc1. The van der Waals surface area contributed by atoms with Gasteiger partial charge in [-0.25, -0.2) is 4.98 Å². The standard InChI is InChI=1S/C13H12ClN3/c1-9-13(10-4-6-11(14)7-5-10)17-12(16-9)3-2-8-15/h4-7H,2-3H2,1H3,(H,16,17). The second-order valence-electron chi connectivity index (χ2n) is 3.82. The van der Waals surface area contributed by atoms with E-state index in [9.17, 15) is 0 Å². The molecule has 0 bridgehead atoms. The van der Waals surface area contributed by atoms with E-state index in [1.54, 1.807) is 0 Å². The van der Waals surface area contributed by atoms with Gasteiger partial charge in [-0.3, -0.25) is 0 Å². The molecule has 1 aromatic carbocycles. The van der Waals surface area contributed by atoms with Gasteiger partial charge in [-0.15, -0.1) is 0 Å². The van der Waals surface area contributed by atoms with Crippen LogP contribution in [0.2, 0.25) is 5.02 Å². The molecule has 0 spiro atoms. The highest BCUT2D eigenvalue weighted by atomic mass is 35.5. The topological polar surface area (TPSA) is 52.5 Å². The average Bonchev–Trinajstić information content (AvgIpc) is 2.69. The molecule has 0 saturated carbocycles. The third-order valence-electron chi connectivity index (χ3n) is 2.53. The molecule has 0 aliphatic rings. The van der Waals surface area contributed by atoms with Crippen molar-refractivity contribution in [2.24, 2.45) is 0 Å². The molecule has 0 aliphatic heterocycles. The second kappa shape index (κ2) is 5.03. The normalized spacial score (nSPS) is 10.2. The molecule has 2 rings (SSSR count). The third-order valence-corrected chi connectivity index (χ3v) is 2.78. The van der Waals surface area contributed by atoms with Crippen LogP contribution in [0, 0.1) is 18.3 Å². The van der Waals surface area contributed by atoms with Gasteiger partial charge in [0.05, 0.1) is 11.8 Å². The highest BCUT2D eigenvalue weighted by molar-refractivity contribution is 6.30. The minimum Gasteiger partial charge on any atom is -0.346 e. The van der Waals surface area contributed by atoms with Gasteiger partial charge < -0.3 is 4.98 Å². The number of rotatable bonds is 3. The number of aromatic amines is 1. The van der Waals surface area contributed by atoms with E-state index in [0.29, 0.717) is 17.9 Å². The van der Waals surface area contributed by atoms with Crippen LogP contribution < -0.4 is 0 Å². The van der Waals surface area contributed by atoms with Gasteiger partial charge >= 0.3 is 0 Å². The molecule has 3 nitrogen and oxygen atoms in total. The third kappa shape index (κ3) is 2.66. The van der Waals surface area contributed by atoms with Crippen molar-refractivity contribution in [3.8, 4) is 17.3 Å². The molecule has 0 fully saturated rings. The van der Waals surface area contributed by atoms with Gasteiger partial charge in [0, 0.05) is 29.1 Å². The summed E-state index contributed by atoms with van der Waals surface area (Å²) in [5.41, 5.74) is 2.97. The lowest BCUT2D eigenvalue weighted by Gasteiger charge is -1.98. The Hall–Kier alpha value is -1.79. The van der Waals surface area contributed by atoms with Crippen molar-refractivity contribution in [3.05, 3.63) is 40.8 Å². The van der Waals surface area contributed by atoms with Crippen LogP contribution in [-0.4, -0.2) is 9.97 Å². The van der Waals surface area contributed by atoms with Crippen molar-refractivity contribution < 1.29 is 0 Å². The maximum atomic E-state index is 8.54. The highest BCUT2D eigenvalue weighted by Crippen LogP contribution is 2.23. The van der Waals surface area contributed by atoms with Gasteiger partial charge in [0.1, 0.15) is 5.82 Å². The van der Waals surface area contributed by atoms with Crippen LogP contribution in [0.25, 0.3) is 11.3 Å². The molecule has 0 radical (unpaired) electrons. The average molecular weight is 246 g/mol. The fourth-order valence-corrected chi connectivity index (χ4v) is 1.83. The van der Waals surface area contributed by atoms with E-state index >= 15 is 0 Å². The number of nitrogens with zero attached hydrogens (tertiary/aromatic N) is 2. The summed E-state index contributed by atoms with van der Waals surface area (Å²) in [6.07, 6.45) is 1.14. The Morgan fingerprint density at radius 3 is 2.71 bits per heavy atom. The van der Waals surface area contributed by atoms with Gasteiger partial charge in [-0.2, -0.15) is 5.26 Å². The Morgan fingerprint density at radius 2 is 2.06 bits per heavy atom. The van der Waals surface area contributed by atoms with Crippen molar-refractivity contribution >= 4 is 11.6 Å². The fourth-order valence-electron chi connectivity index (χ4n) is 1.70. The van der Waals surface area contributed by atoms with E-state index in [0.717, 1.165) is 22.8 Å². The van der Waals surface area contributed by atoms with E-state index in [4.69, 9.17) is 16.9 Å². The van der Waals surface area contributed by atoms with Crippen molar-refractivity contribution in [1.82, 2.24) is 9.97 Å². The number of halogens is 1. The molecule has 1 aromatic heterocycles. The second-order valence-corrected chi connectivity index (χ2v) is 4.26. The van der Waals surface area contributed by atoms with Crippen LogP contribution in [0.1, 0.15) is 17.9 Å². The van der Waals surface area contributed by atoms with Gasteiger partial charge in [0.15, 0.2) is 0 Å². The monoisotopic (exact) mass is 245 g/mol. The predicted molar refractivity (Wildman–Crippen MR) is 67.7 cm³/mol. The summed E-state index contributed by atoms with van der Waals surface area (Å²) in [5.74, 6) is 0.856. The molecule has 1 N–H and O–H groups in total.